The number of aliphatic hydroxyl groups excluding tert-OH is 1. The summed E-state index contributed by atoms with van der Waals surface area (Å²) in [4.78, 5) is 11.3. The van der Waals surface area contributed by atoms with Gasteiger partial charge in [0.05, 0.1) is 0 Å². The number of ether oxygens (including phenoxy) is 1. The fourth-order valence-corrected chi connectivity index (χ4v) is 1.44. The number of rotatable bonds is 9. The van der Waals surface area contributed by atoms with Gasteiger partial charge in [-0.05, 0) is 25.7 Å². The lowest BCUT2D eigenvalue weighted by atomic mass is 10.1. The molecule has 0 radical (unpaired) electrons. The van der Waals surface area contributed by atoms with Gasteiger partial charge in [-0.25, -0.2) is 0 Å². The molecule has 3 heteroatoms. The topological polar surface area (TPSA) is 46.5 Å². The minimum absolute atomic E-state index is 0.0573. The van der Waals surface area contributed by atoms with Crippen molar-refractivity contribution in [2.45, 2.75) is 64.9 Å². The van der Waals surface area contributed by atoms with Crippen molar-refractivity contribution in [2.24, 2.45) is 0 Å². The standard InChI is InChI=1S/C12H24O3/c1-3-5-6-8-11(4-2)15-12(14)9-7-10-13/h11,13H,3-10H2,1-2H3/t11-/m1/s1. The first-order chi connectivity index (χ1) is 7.24. The fraction of sp³-hybridized carbons (Fsp3) is 0.917. The second-order valence-corrected chi connectivity index (χ2v) is 3.84. The van der Waals surface area contributed by atoms with Crippen LogP contribution in [0.1, 0.15) is 58.8 Å². The molecule has 0 bridgehead atoms. The molecule has 0 amide bonds. The summed E-state index contributed by atoms with van der Waals surface area (Å²) in [7, 11) is 0. The van der Waals surface area contributed by atoms with Crippen LogP contribution in [0, 0.1) is 0 Å². The van der Waals surface area contributed by atoms with Crippen LogP contribution in [0.5, 0.6) is 0 Å². The van der Waals surface area contributed by atoms with E-state index >= 15 is 0 Å². The normalized spacial score (nSPS) is 12.5. The van der Waals surface area contributed by atoms with Gasteiger partial charge in [-0.2, -0.15) is 0 Å². The Balaban J connectivity index is 3.62. The van der Waals surface area contributed by atoms with Crippen molar-refractivity contribution < 1.29 is 14.6 Å². The zero-order valence-electron chi connectivity index (χ0n) is 10.00. The van der Waals surface area contributed by atoms with Gasteiger partial charge >= 0.3 is 5.97 Å². The molecular weight excluding hydrogens is 192 g/mol. The van der Waals surface area contributed by atoms with E-state index < -0.39 is 0 Å². The first kappa shape index (κ1) is 14.4. The van der Waals surface area contributed by atoms with Gasteiger partial charge in [0.1, 0.15) is 6.10 Å². The van der Waals surface area contributed by atoms with E-state index in [9.17, 15) is 4.79 Å². The largest absolute Gasteiger partial charge is 0.462 e. The van der Waals surface area contributed by atoms with E-state index in [1.165, 1.54) is 12.8 Å². The van der Waals surface area contributed by atoms with E-state index in [-0.39, 0.29) is 18.7 Å². The quantitative estimate of drug-likeness (QED) is 0.476. The first-order valence-corrected chi connectivity index (χ1v) is 6.04. The first-order valence-electron chi connectivity index (χ1n) is 6.04. The van der Waals surface area contributed by atoms with Crippen LogP contribution in [0.4, 0.5) is 0 Å². The molecule has 0 heterocycles. The van der Waals surface area contributed by atoms with Gasteiger partial charge in [0.25, 0.3) is 0 Å². The summed E-state index contributed by atoms with van der Waals surface area (Å²) in [6, 6.07) is 0. The molecule has 0 aromatic carbocycles. The second kappa shape index (κ2) is 9.97. The Morgan fingerprint density at radius 1 is 1.27 bits per heavy atom. The van der Waals surface area contributed by atoms with E-state index in [1.54, 1.807) is 0 Å². The van der Waals surface area contributed by atoms with Gasteiger partial charge in [-0.1, -0.05) is 26.7 Å². The summed E-state index contributed by atoms with van der Waals surface area (Å²) in [6.45, 7) is 4.26. The lowest BCUT2D eigenvalue weighted by Gasteiger charge is -2.15. The molecule has 0 saturated carbocycles. The van der Waals surface area contributed by atoms with Crippen LogP contribution >= 0.6 is 0 Å². The number of esters is 1. The van der Waals surface area contributed by atoms with Crippen LogP contribution in [0.2, 0.25) is 0 Å². The van der Waals surface area contributed by atoms with Gasteiger partial charge in [-0.3, -0.25) is 4.79 Å². The molecule has 0 rings (SSSR count). The van der Waals surface area contributed by atoms with E-state index in [4.69, 9.17) is 9.84 Å². The van der Waals surface area contributed by atoms with Crippen molar-refractivity contribution in [3.8, 4) is 0 Å². The molecule has 0 saturated heterocycles. The SMILES string of the molecule is CCCCC[C@@H](CC)OC(=O)CCCO. The lowest BCUT2D eigenvalue weighted by Crippen LogP contribution is -2.17. The smallest absolute Gasteiger partial charge is 0.306 e. The second-order valence-electron chi connectivity index (χ2n) is 3.84. The lowest BCUT2D eigenvalue weighted by molar-refractivity contribution is -0.149. The predicted molar refractivity (Wildman–Crippen MR) is 60.6 cm³/mol. The fourth-order valence-electron chi connectivity index (χ4n) is 1.44. The molecule has 0 spiro atoms. The van der Waals surface area contributed by atoms with Crippen molar-refractivity contribution >= 4 is 5.97 Å². The Hall–Kier alpha value is -0.570. The highest BCUT2D eigenvalue weighted by Gasteiger charge is 2.11. The summed E-state index contributed by atoms with van der Waals surface area (Å²) in [5.74, 6) is -0.174. The number of hydrogen-bond donors (Lipinski definition) is 1. The highest BCUT2D eigenvalue weighted by molar-refractivity contribution is 5.69. The third-order valence-corrected chi connectivity index (χ3v) is 2.42. The van der Waals surface area contributed by atoms with Gasteiger partial charge in [-0.15, -0.1) is 0 Å². The third kappa shape index (κ3) is 8.43. The molecule has 0 aromatic rings. The Bertz CT molecular complexity index is 157. The Morgan fingerprint density at radius 2 is 2.00 bits per heavy atom. The van der Waals surface area contributed by atoms with Gasteiger partial charge in [0.2, 0.25) is 0 Å². The van der Waals surface area contributed by atoms with Crippen LogP contribution in [-0.2, 0) is 9.53 Å². The number of aliphatic hydroxyl groups is 1. The van der Waals surface area contributed by atoms with Crippen LogP contribution in [0.3, 0.4) is 0 Å². The average Bonchev–Trinajstić information content (AvgIpc) is 2.25. The summed E-state index contributed by atoms with van der Waals surface area (Å²) >= 11 is 0. The Kier molecular flexibility index (Phi) is 9.59. The molecule has 0 fully saturated rings. The summed E-state index contributed by atoms with van der Waals surface area (Å²) in [6.07, 6.45) is 6.28. The van der Waals surface area contributed by atoms with Gasteiger partial charge in [0, 0.05) is 13.0 Å². The number of carbonyl (C=O) groups is 1. The van der Waals surface area contributed by atoms with Crippen molar-refractivity contribution in [1.29, 1.82) is 0 Å². The van der Waals surface area contributed by atoms with Crippen LogP contribution in [0.15, 0.2) is 0 Å². The molecule has 0 unspecified atom stereocenters. The van der Waals surface area contributed by atoms with E-state index in [1.807, 2.05) is 6.92 Å². The van der Waals surface area contributed by atoms with Crippen molar-refractivity contribution in [1.82, 2.24) is 0 Å². The highest BCUT2D eigenvalue weighted by Crippen LogP contribution is 2.11. The predicted octanol–water partition coefficient (Wildman–Crippen LogP) is 2.66. The third-order valence-electron chi connectivity index (χ3n) is 2.42. The molecule has 3 nitrogen and oxygen atoms in total. The van der Waals surface area contributed by atoms with Crippen molar-refractivity contribution in [2.75, 3.05) is 6.61 Å². The maximum absolute atomic E-state index is 11.3. The summed E-state index contributed by atoms with van der Waals surface area (Å²) in [5.41, 5.74) is 0. The number of carbonyl (C=O) groups excluding carboxylic acids is 1. The van der Waals surface area contributed by atoms with Crippen LogP contribution in [-0.4, -0.2) is 23.8 Å². The molecule has 90 valence electrons. The molecule has 0 aromatic heterocycles. The summed E-state index contributed by atoms with van der Waals surface area (Å²) in [5, 5.41) is 8.57. The Labute approximate surface area is 92.8 Å². The molecule has 0 aliphatic rings. The zero-order valence-corrected chi connectivity index (χ0v) is 10.00. The maximum atomic E-state index is 11.3. The van der Waals surface area contributed by atoms with Crippen LogP contribution in [0.25, 0.3) is 0 Å². The van der Waals surface area contributed by atoms with E-state index in [0.717, 1.165) is 19.3 Å². The Morgan fingerprint density at radius 3 is 2.53 bits per heavy atom. The van der Waals surface area contributed by atoms with E-state index in [0.29, 0.717) is 12.8 Å². The zero-order chi connectivity index (χ0) is 11.5. The molecule has 1 N–H and O–H groups in total. The minimum Gasteiger partial charge on any atom is -0.462 e. The average molecular weight is 216 g/mol. The molecule has 0 aliphatic heterocycles. The highest BCUT2D eigenvalue weighted by atomic mass is 16.5. The van der Waals surface area contributed by atoms with Gasteiger partial charge in [0.15, 0.2) is 0 Å². The maximum Gasteiger partial charge on any atom is 0.306 e. The van der Waals surface area contributed by atoms with Crippen molar-refractivity contribution in [3.63, 3.8) is 0 Å². The molecular formula is C12H24O3. The summed E-state index contributed by atoms with van der Waals surface area (Å²) < 4.78 is 5.30. The van der Waals surface area contributed by atoms with Crippen LogP contribution < -0.4 is 0 Å². The molecule has 15 heavy (non-hydrogen) atoms. The van der Waals surface area contributed by atoms with E-state index in [2.05, 4.69) is 6.92 Å². The van der Waals surface area contributed by atoms with Gasteiger partial charge < -0.3 is 9.84 Å². The van der Waals surface area contributed by atoms with Crippen molar-refractivity contribution in [3.05, 3.63) is 0 Å². The molecule has 0 aliphatic carbocycles. The monoisotopic (exact) mass is 216 g/mol. The minimum atomic E-state index is -0.174. The number of unbranched alkanes of at least 4 members (excludes halogenated alkanes) is 2. The molecule has 1 atom stereocenters. The number of hydrogen-bond acceptors (Lipinski definition) is 3.